The van der Waals surface area contributed by atoms with Crippen LogP contribution in [0.2, 0.25) is 5.02 Å². The Bertz CT molecular complexity index is 603. The lowest BCUT2D eigenvalue weighted by molar-refractivity contribution is -0.140. The van der Waals surface area contributed by atoms with Crippen LogP contribution in [0.3, 0.4) is 0 Å². The fourth-order valence-corrected chi connectivity index (χ4v) is 2.40. The molecule has 0 bridgehead atoms. The van der Waals surface area contributed by atoms with Gasteiger partial charge in [-0.25, -0.2) is 9.59 Å². The molecule has 0 heterocycles. The Hall–Kier alpha value is -1.83. The molecule has 1 amide bonds. The van der Waals surface area contributed by atoms with Crippen LogP contribution in [-0.2, 0) is 20.9 Å². The maximum atomic E-state index is 11.9. The van der Waals surface area contributed by atoms with Crippen molar-refractivity contribution in [1.29, 1.82) is 0 Å². The van der Waals surface area contributed by atoms with Crippen molar-refractivity contribution in [3.8, 4) is 0 Å². The molecule has 0 aliphatic carbocycles. The van der Waals surface area contributed by atoms with Crippen molar-refractivity contribution >= 4 is 23.7 Å². The molecular weight excluding hydrogens is 360 g/mol. The van der Waals surface area contributed by atoms with E-state index in [0.29, 0.717) is 18.0 Å². The zero-order valence-corrected chi connectivity index (χ0v) is 16.1. The lowest BCUT2D eigenvalue weighted by Gasteiger charge is -2.24. The van der Waals surface area contributed by atoms with Crippen LogP contribution >= 0.6 is 11.6 Å². The molecule has 0 saturated heterocycles. The maximum absolute atomic E-state index is 11.9. The van der Waals surface area contributed by atoms with E-state index in [1.54, 1.807) is 26.8 Å². The number of aliphatic carboxylic acids is 1. The monoisotopic (exact) mass is 386 g/mol. The Morgan fingerprint density at radius 2 is 1.96 bits per heavy atom. The molecule has 0 aliphatic heterocycles. The van der Waals surface area contributed by atoms with Crippen molar-refractivity contribution < 1.29 is 24.2 Å². The van der Waals surface area contributed by atoms with Gasteiger partial charge in [-0.1, -0.05) is 29.8 Å². The lowest BCUT2D eigenvalue weighted by atomic mass is 10.1. The summed E-state index contributed by atoms with van der Waals surface area (Å²) in [4.78, 5) is 23.3. The number of nitrogens with two attached hydrogens (primary N) is 1. The van der Waals surface area contributed by atoms with Crippen molar-refractivity contribution in [2.45, 2.75) is 58.0 Å². The minimum atomic E-state index is -1.17. The van der Waals surface area contributed by atoms with Crippen LogP contribution in [0.1, 0.15) is 39.2 Å². The van der Waals surface area contributed by atoms with Crippen molar-refractivity contribution in [3.05, 3.63) is 34.9 Å². The van der Waals surface area contributed by atoms with Crippen LogP contribution in [-0.4, -0.2) is 41.5 Å². The van der Waals surface area contributed by atoms with E-state index < -0.39 is 29.8 Å². The molecule has 26 heavy (non-hydrogen) atoms. The second-order valence-electron chi connectivity index (χ2n) is 6.87. The fourth-order valence-electron chi connectivity index (χ4n) is 2.21. The predicted octanol–water partition coefficient (Wildman–Crippen LogP) is 2.94. The minimum Gasteiger partial charge on any atom is -0.480 e. The van der Waals surface area contributed by atoms with E-state index in [9.17, 15) is 14.7 Å². The zero-order valence-electron chi connectivity index (χ0n) is 15.3. The Morgan fingerprint density at radius 1 is 1.31 bits per heavy atom. The topological polar surface area (TPSA) is 111 Å². The van der Waals surface area contributed by atoms with Gasteiger partial charge in [0.05, 0.1) is 12.7 Å². The van der Waals surface area contributed by atoms with Gasteiger partial charge in [0.25, 0.3) is 0 Å². The molecule has 7 nitrogen and oxygen atoms in total. The van der Waals surface area contributed by atoms with Crippen molar-refractivity contribution in [1.82, 2.24) is 5.32 Å². The smallest absolute Gasteiger partial charge is 0.408 e. The van der Waals surface area contributed by atoms with Gasteiger partial charge in [0, 0.05) is 11.4 Å². The Kier molecular flexibility index (Phi) is 8.84. The normalized spacial score (nSPS) is 13.7. The van der Waals surface area contributed by atoms with Gasteiger partial charge >= 0.3 is 12.1 Å². The number of carbonyl (C=O) groups excluding carboxylic acids is 1. The van der Waals surface area contributed by atoms with Crippen LogP contribution in [0.15, 0.2) is 24.3 Å². The van der Waals surface area contributed by atoms with E-state index in [2.05, 4.69) is 5.32 Å². The van der Waals surface area contributed by atoms with E-state index in [0.717, 1.165) is 5.56 Å². The summed E-state index contributed by atoms with van der Waals surface area (Å²) in [5.41, 5.74) is 5.68. The molecule has 8 heteroatoms. The summed E-state index contributed by atoms with van der Waals surface area (Å²) in [5.74, 6) is -1.17. The first-order valence-electron chi connectivity index (χ1n) is 8.39. The second-order valence-corrected chi connectivity index (χ2v) is 7.28. The van der Waals surface area contributed by atoms with Gasteiger partial charge in [-0.3, -0.25) is 0 Å². The molecule has 2 atom stereocenters. The molecule has 0 aromatic heterocycles. The molecule has 0 aliphatic rings. The van der Waals surface area contributed by atoms with Crippen LogP contribution in [0, 0.1) is 0 Å². The van der Waals surface area contributed by atoms with Crippen LogP contribution in [0.5, 0.6) is 0 Å². The second kappa shape index (κ2) is 10.4. The highest BCUT2D eigenvalue weighted by Crippen LogP contribution is 2.18. The number of ether oxygens (including phenoxy) is 2. The molecule has 1 aromatic rings. The summed E-state index contributed by atoms with van der Waals surface area (Å²) in [5, 5.41) is 12.3. The Balaban J connectivity index is 2.69. The number of rotatable bonds is 9. The van der Waals surface area contributed by atoms with E-state index in [1.807, 2.05) is 18.2 Å². The SMILES string of the molecule is CC(C)(C)OC(=O)N[C@@H](CC(CCN)OCc1ccccc1Cl)C(=O)O. The minimum absolute atomic E-state index is 0.0657. The Labute approximate surface area is 158 Å². The van der Waals surface area contributed by atoms with Gasteiger partial charge in [0.15, 0.2) is 0 Å². The molecule has 0 spiro atoms. The van der Waals surface area contributed by atoms with Gasteiger partial charge in [-0.15, -0.1) is 0 Å². The number of alkyl carbamates (subject to hydrolysis) is 1. The van der Waals surface area contributed by atoms with E-state index in [1.165, 1.54) is 0 Å². The molecule has 1 rings (SSSR count). The summed E-state index contributed by atoms with van der Waals surface area (Å²) < 4.78 is 10.9. The number of carboxylic acids is 1. The summed E-state index contributed by atoms with van der Waals surface area (Å²) >= 11 is 6.10. The van der Waals surface area contributed by atoms with Crippen molar-refractivity contribution in [3.63, 3.8) is 0 Å². The number of amides is 1. The number of nitrogens with one attached hydrogen (secondary N) is 1. The third-order valence-electron chi connectivity index (χ3n) is 3.41. The van der Waals surface area contributed by atoms with Crippen molar-refractivity contribution in [2.24, 2.45) is 5.73 Å². The number of benzene rings is 1. The quantitative estimate of drug-likeness (QED) is 0.601. The Morgan fingerprint density at radius 3 is 2.50 bits per heavy atom. The van der Waals surface area contributed by atoms with E-state index in [-0.39, 0.29) is 13.0 Å². The van der Waals surface area contributed by atoms with Gasteiger partial charge < -0.3 is 25.6 Å². The molecule has 0 radical (unpaired) electrons. The summed E-state index contributed by atoms with van der Waals surface area (Å²) in [6.45, 7) is 5.65. The fraction of sp³-hybridized carbons (Fsp3) is 0.556. The van der Waals surface area contributed by atoms with Gasteiger partial charge in [0.1, 0.15) is 11.6 Å². The first kappa shape index (κ1) is 22.2. The average molecular weight is 387 g/mol. The highest BCUT2D eigenvalue weighted by Gasteiger charge is 2.27. The first-order chi connectivity index (χ1) is 12.1. The molecule has 1 aromatic carbocycles. The molecular formula is C18H27ClN2O5. The maximum Gasteiger partial charge on any atom is 0.408 e. The van der Waals surface area contributed by atoms with Crippen molar-refractivity contribution in [2.75, 3.05) is 6.54 Å². The summed E-state index contributed by atoms with van der Waals surface area (Å²) in [7, 11) is 0. The number of halogens is 1. The number of hydrogen-bond acceptors (Lipinski definition) is 5. The van der Waals surface area contributed by atoms with Gasteiger partial charge in [-0.2, -0.15) is 0 Å². The van der Waals surface area contributed by atoms with Gasteiger partial charge in [-0.05, 0) is 45.4 Å². The largest absolute Gasteiger partial charge is 0.480 e. The molecule has 4 N–H and O–H groups in total. The molecule has 1 unspecified atom stereocenters. The third kappa shape index (κ3) is 8.51. The van der Waals surface area contributed by atoms with E-state index >= 15 is 0 Å². The molecule has 0 saturated carbocycles. The van der Waals surface area contributed by atoms with Crippen LogP contribution in [0.4, 0.5) is 4.79 Å². The summed E-state index contributed by atoms with van der Waals surface area (Å²) in [6, 6.07) is 6.09. The number of carbonyl (C=O) groups is 2. The van der Waals surface area contributed by atoms with Crippen LogP contribution in [0.25, 0.3) is 0 Å². The van der Waals surface area contributed by atoms with E-state index in [4.69, 9.17) is 26.8 Å². The summed E-state index contributed by atoms with van der Waals surface area (Å²) in [6.07, 6.45) is -0.727. The molecule has 0 fully saturated rings. The standard InChI is InChI=1S/C18H27ClN2O5/c1-18(2,3)26-17(24)21-15(16(22)23)10-13(8-9-20)25-11-12-6-4-5-7-14(12)19/h4-7,13,15H,8-11,20H2,1-3H3,(H,21,24)(H,22,23)/t13?,15-/m0/s1. The molecule has 146 valence electrons. The van der Waals surface area contributed by atoms with Gasteiger partial charge in [0.2, 0.25) is 0 Å². The predicted molar refractivity (Wildman–Crippen MR) is 99.1 cm³/mol. The lowest BCUT2D eigenvalue weighted by Crippen LogP contribution is -2.45. The zero-order chi connectivity index (χ0) is 19.7. The first-order valence-corrected chi connectivity index (χ1v) is 8.77. The number of carboxylic acid groups (broad SMARTS) is 1. The highest BCUT2D eigenvalue weighted by molar-refractivity contribution is 6.31. The van der Waals surface area contributed by atoms with Crippen LogP contribution < -0.4 is 11.1 Å². The number of hydrogen-bond donors (Lipinski definition) is 3. The highest BCUT2D eigenvalue weighted by atomic mass is 35.5. The third-order valence-corrected chi connectivity index (χ3v) is 3.78. The average Bonchev–Trinajstić information content (AvgIpc) is 2.51.